The zero-order valence-electron chi connectivity index (χ0n) is 16.3. The number of ether oxygens (including phenoxy) is 2. The predicted octanol–water partition coefficient (Wildman–Crippen LogP) is 1.11. The molecule has 1 aliphatic heterocycles. The van der Waals surface area contributed by atoms with Gasteiger partial charge in [0.2, 0.25) is 12.7 Å². The van der Waals surface area contributed by atoms with E-state index in [0.717, 1.165) is 0 Å². The van der Waals surface area contributed by atoms with Gasteiger partial charge in [-0.3, -0.25) is 9.59 Å². The third-order valence-corrected chi connectivity index (χ3v) is 4.71. The molecule has 0 saturated heterocycles. The maximum Gasteiger partial charge on any atom is 0.547 e. The molecule has 152 valence electrons. The van der Waals surface area contributed by atoms with Gasteiger partial charge in [0.1, 0.15) is 11.3 Å². The minimum absolute atomic E-state index is 0.158. The molecule has 1 heterocycles. The topological polar surface area (TPSA) is 111 Å². The first-order chi connectivity index (χ1) is 13.2. The van der Waals surface area contributed by atoms with Crippen molar-refractivity contribution in [2.24, 2.45) is 5.92 Å². The van der Waals surface area contributed by atoms with Crippen LogP contribution in [0.4, 0.5) is 0 Å². The molecule has 0 unspecified atom stereocenters. The van der Waals surface area contributed by atoms with Crippen LogP contribution in [0.15, 0.2) is 12.1 Å². The van der Waals surface area contributed by atoms with Gasteiger partial charge in [0.05, 0.1) is 17.6 Å². The van der Waals surface area contributed by atoms with Gasteiger partial charge in [-0.2, -0.15) is 11.8 Å². The lowest BCUT2D eigenvalue weighted by molar-refractivity contribution is -0.155. The Morgan fingerprint density at radius 3 is 2.71 bits per heavy atom. The molecule has 10 heteroatoms. The van der Waals surface area contributed by atoms with Gasteiger partial charge in [0.25, 0.3) is 0 Å². The van der Waals surface area contributed by atoms with Gasteiger partial charge in [0, 0.05) is 0 Å². The number of amides is 1. The average molecular weight is 409 g/mol. The lowest BCUT2D eigenvalue weighted by Crippen LogP contribution is -2.53. The molecule has 2 rings (SSSR count). The molecular formula is C18H24BNO7S. The molecule has 0 aliphatic carbocycles. The van der Waals surface area contributed by atoms with Crippen molar-refractivity contribution in [3.8, 4) is 5.75 Å². The molecule has 0 saturated carbocycles. The average Bonchev–Trinajstić information content (AvgIpc) is 2.62. The van der Waals surface area contributed by atoms with Crippen LogP contribution in [0.5, 0.6) is 5.75 Å². The molecular weight excluding hydrogens is 385 g/mol. The van der Waals surface area contributed by atoms with Gasteiger partial charge < -0.3 is 24.5 Å². The Bertz CT molecular complexity index is 756. The lowest BCUT2D eigenvalue weighted by Gasteiger charge is -2.29. The van der Waals surface area contributed by atoms with Crippen molar-refractivity contribution >= 4 is 36.7 Å². The molecule has 2 N–H and O–H groups in total. The number of hydrogen-bond donors (Lipinski definition) is 2. The van der Waals surface area contributed by atoms with Gasteiger partial charge in [-0.1, -0.05) is 26.0 Å². The summed E-state index contributed by atoms with van der Waals surface area (Å²) in [6, 6.07) is 3.51. The van der Waals surface area contributed by atoms with E-state index < -0.39 is 31.8 Å². The summed E-state index contributed by atoms with van der Waals surface area (Å²) in [5.41, 5.74) is 1.42. The van der Waals surface area contributed by atoms with Crippen molar-refractivity contribution < 1.29 is 33.5 Å². The van der Waals surface area contributed by atoms with Crippen LogP contribution in [-0.4, -0.2) is 54.7 Å². The summed E-state index contributed by atoms with van der Waals surface area (Å²) in [5, 5.41) is 13.0. The first kappa shape index (κ1) is 22.1. The number of aryl methyl sites for hydroxylation is 1. The zero-order valence-corrected chi connectivity index (χ0v) is 17.1. The Kier molecular flexibility index (Phi) is 7.76. The minimum atomic E-state index is -1.30. The van der Waals surface area contributed by atoms with Crippen molar-refractivity contribution in [2.45, 2.75) is 33.1 Å². The fraction of sp³-hybridized carbons (Fsp3) is 0.500. The van der Waals surface area contributed by atoms with Crippen molar-refractivity contribution in [2.75, 3.05) is 18.8 Å². The number of fused-ring (bicyclic) bond motifs is 1. The van der Waals surface area contributed by atoms with Crippen LogP contribution in [-0.2, 0) is 25.5 Å². The first-order valence-electron chi connectivity index (χ1n) is 8.83. The zero-order chi connectivity index (χ0) is 20.8. The summed E-state index contributed by atoms with van der Waals surface area (Å²) in [7, 11) is -1.30. The standard InChI is InChI=1S/C18H24BNO7S/c1-10(2)17(22)25-9-26-18(23)15-11(3)5-6-12-7-13(19(24)27-16(12)15)20-14(21)8-28-4/h5-6,10,13,24H,7-9H2,1-4H3,(H,20,21)/t13-/m0/s1. The maximum absolute atomic E-state index is 12.5. The molecule has 1 aromatic carbocycles. The molecule has 1 atom stereocenters. The van der Waals surface area contributed by atoms with Crippen molar-refractivity contribution in [1.82, 2.24) is 5.32 Å². The van der Waals surface area contributed by atoms with Crippen LogP contribution in [0.2, 0.25) is 0 Å². The largest absolute Gasteiger partial charge is 0.547 e. The highest BCUT2D eigenvalue weighted by Crippen LogP contribution is 2.33. The molecule has 0 fully saturated rings. The van der Waals surface area contributed by atoms with Crippen molar-refractivity contribution in [1.29, 1.82) is 0 Å². The van der Waals surface area contributed by atoms with E-state index >= 15 is 0 Å². The molecule has 0 bridgehead atoms. The third-order valence-electron chi connectivity index (χ3n) is 4.16. The molecule has 0 aromatic heterocycles. The molecule has 28 heavy (non-hydrogen) atoms. The number of esters is 2. The number of carbonyl (C=O) groups is 3. The lowest BCUT2D eigenvalue weighted by atomic mass is 9.72. The summed E-state index contributed by atoms with van der Waals surface area (Å²) >= 11 is 1.37. The summed E-state index contributed by atoms with van der Waals surface area (Å²) < 4.78 is 15.4. The number of nitrogens with one attached hydrogen (secondary N) is 1. The first-order valence-corrected chi connectivity index (χ1v) is 10.2. The number of rotatable bonds is 7. The van der Waals surface area contributed by atoms with Crippen LogP contribution in [0.1, 0.15) is 35.3 Å². The second kappa shape index (κ2) is 9.84. The number of benzene rings is 1. The minimum Gasteiger partial charge on any atom is -0.534 e. The van der Waals surface area contributed by atoms with Crippen LogP contribution in [0, 0.1) is 12.8 Å². The summed E-state index contributed by atoms with van der Waals surface area (Å²) in [6.07, 6.45) is 2.11. The second-order valence-corrected chi connectivity index (χ2v) is 7.60. The number of thioether (sulfide) groups is 1. The maximum atomic E-state index is 12.5. The van der Waals surface area contributed by atoms with E-state index in [1.807, 2.05) is 6.26 Å². The van der Waals surface area contributed by atoms with E-state index in [2.05, 4.69) is 5.32 Å². The van der Waals surface area contributed by atoms with Crippen molar-refractivity contribution in [3.63, 3.8) is 0 Å². The molecule has 1 amide bonds. The SMILES string of the molecule is CSCC(=O)N[C@H]1Cc2ccc(C)c(C(=O)OCOC(=O)C(C)C)c2OB1O. The summed E-state index contributed by atoms with van der Waals surface area (Å²) in [5.74, 6) is -1.87. The third kappa shape index (κ3) is 5.42. The van der Waals surface area contributed by atoms with E-state index in [9.17, 15) is 19.4 Å². The van der Waals surface area contributed by atoms with E-state index in [1.54, 1.807) is 32.9 Å². The number of hydrogen-bond acceptors (Lipinski definition) is 8. The van der Waals surface area contributed by atoms with Gasteiger partial charge in [-0.15, -0.1) is 0 Å². The fourth-order valence-corrected chi connectivity index (χ4v) is 3.04. The van der Waals surface area contributed by atoms with E-state index in [4.69, 9.17) is 14.1 Å². The Morgan fingerprint density at radius 2 is 2.07 bits per heavy atom. The van der Waals surface area contributed by atoms with Crippen LogP contribution < -0.4 is 9.97 Å². The number of carbonyl (C=O) groups excluding carboxylic acids is 3. The summed E-state index contributed by atoms with van der Waals surface area (Å²) in [6.45, 7) is 4.55. The van der Waals surface area contributed by atoms with E-state index in [0.29, 0.717) is 17.5 Å². The van der Waals surface area contributed by atoms with Gasteiger partial charge >= 0.3 is 19.1 Å². The molecule has 1 aromatic rings. The van der Waals surface area contributed by atoms with Crippen LogP contribution in [0.3, 0.4) is 0 Å². The quantitative estimate of drug-likeness (QED) is 0.392. The smallest absolute Gasteiger partial charge is 0.534 e. The van der Waals surface area contributed by atoms with Gasteiger partial charge in [-0.25, -0.2) is 4.79 Å². The molecule has 0 radical (unpaired) electrons. The van der Waals surface area contributed by atoms with E-state index in [-0.39, 0.29) is 28.9 Å². The molecule has 8 nitrogen and oxygen atoms in total. The van der Waals surface area contributed by atoms with Crippen LogP contribution in [0.25, 0.3) is 0 Å². The monoisotopic (exact) mass is 409 g/mol. The van der Waals surface area contributed by atoms with Gasteiger partial charge in [-0.05, 0) is 30.7 Å². The predicted molar refractivity (Wildman–Crippen MR) is 105 cm³/mol. The van der Waals surface area contributed by atoms with Gasteiger partial charge in [0.15, 0.2) is 0 Å². The highest BCUT2D eigenvalue weighted by molar-refractivity contribution is 7.99. The Labute approximate surface area is 168 Å². The van der Waals surface area contributed by atoms with Crippen molar-refractivity contribution in [3.05, 3.63) is 28.8 Å². The van der Waals surface area contributed by atoms with E-state index in [1.165, 1.54) is 11.8 Å². The fourth-order valence-electron chi connectivity index (χ4n) is 2.70. The molecule has 0 spiro atoms. The second-order valence-electron chi connectivity index (χ2n) is 6.73. The normalized spacial score (nSPS) is 15.5. The van der Waals surface area contributed by atoms with Crippen LogP contribution >= 0.6 is 11.8 Å². The Hall–Kier alpha value is -2.20. The summed E-state index contributed by atoms with van der Waals surface area (Å²) in [4.78, 5) is 35.8. The highest BCUT2D eigenvalue weighted by Gasteiger charge is 2.38. The Balaban J connectivity index is 2.13. The highest BCUT2D eigenvalue weighted by atomic mass is 32.2. The Morgan fingerprint density at radius 1 is 1.36 bits per heavy atom. The molecule has 1 aliphatic rings.